The van der Waals surface area contributed by atoms with Gasteiger partial charge >= 0.3 is 40.0 Å². The number of nitrogens with one attached hydrogen (secondary N) is 3. The molecule has 0 spiro atoms. The van der Waals surface area contributed by atoms with Gasteiger partial charge in [0.1, 0.15) is 37.1 Å². The number of carbonyl (C=O) groups is 5. The molecule has 1 aromatic rings. The number of rotatable bonds is 15. The smallest absolute Gasteiger partial charge is 0.425 e. The molecule has 22 nitrogen and oxygen atoms in total. The van der Waals surface area contributed by atoms with Crippen molar-refractivity contribution >= 4 is 40.2 Å². The Hall–Kier alpha value is -4.42. The summed E-state index contributed by atoms with van der Waals surface area (Å²) in [6.07, 6.45) is -12.4. The monoisotopic (exact) mass is 780 g/mol. The summed E-state index contributed by atoms with van der Waals surface area (Å²) in [7, 11) is -5.03. The van der Waals surface area contributed by atoms with Crippen LogP contribution in [0.15, 0.2) is 21.9 Å². The zero-order valence-corrected chi connectivity index (χ0v) is 30.9. The van der Waals surface area contributed by atoms with Crippen molar-refractivity contribution in [2.75, 3.05) is 13.2 Å². The van der Waals surface area contributed by atoms with Gasteiger partial charge in [-0.05, 0) is 27.7 Å². The molecule has 2 fully saturated rings. The number of carbonyl (C=O) groups excluding carboxylic acids is 5. The average molecular weight is 781 g/mol. The summed E-state index contributed by atoms with van der Waals surface area (Å²) in [5.41, 5.74) is -1.51. The molecule has 0 aliphatic carbocycles. The fourth-order valence-corrected chi connectivity index (χ4v) is 6.07. The molecule has 0 radical (unpaired) electrons. The molecule has 2 aliphatic rings. The number of esters is 3. The van der Waals surface area contributed by atoms with Crippen LogP contribution in [-0.2, 0) is 71.6 Å². The summed E-state index contributed by atoms with van der Waals surface area (Å²) in [5.74, 6) is -3.33. The molecular weight excluding hydrogens is 736 g/mol. The van der Waals surface area contributed by atoms with E-state index in [-0.39, 0.29) is 0 Å². The Morgan fingerprint density at radius 3 is 1.94 bits per heavy atom. The van der Waals surface area contributed by atoms with Gasteiger partial charge < -0.3 is 43.2 Å². The highest BCUT2D eigenvalue weighted by molar-refractivity contribution is 7.85. The van der Waals surface area contributed by atoms with Crippen molar-refractivity contribution in [3.8, 4) is 0 Å². The number of hydrogen-bond donors (Lipinski definition) is 3. The Morgan fingerprint density at radius 2 is 1.40 bits per heavy atom. The SMILES string of the molecule is CC(=O)N[C@H]1[C@@H](OC(=O)NS(=O)(=O)OC[C@H]2O[C@@H](n3ccc(=O)[nH]c3=O)[C@H](OC(C)C)[C@@H]2OC(C)C)O[C@H](COC(C)=O)[C@@H](OC(C)=O)[C@@H]1OC(C)=O. The van der Waals surface area contributed by atoms with Crippen LogP contribution in [0.1, 0.15) is 61.6 Å². The van der Waals surface area contributed by atoms with Crippen LogP contribution in [0.25, 0.3) is 0 Å². The molecule has 2 amide bonds. The van der Waals surface area contributed by atoms with Gasteiger partial charge in [-0.3, -0.25) is 37.7 Å². The van der Waals surface area contributed by atoms with Crippen LogP contribution in [0.3, 0.4) is 0 Å². The number of amides is 2. The Bertz CT molecular complexity index is 1710. The minimum atomic E-state index is -5.03. The van der Waals surface area contributed by atoms with E-state index >= 15 is 0 Å². The van der Waals surface area contributed by atoms with Gasteiger partial charge in [-0.25, -0.2) is 9.59 Å². The summed E-state index contributed by atoms with van der Waals surface area (Å²) >= 11 is 0. The van der Waals surface area contributed by atoms with Crippen molar-refractivity contribution in [2.45, 2.75) is 123 Å². The van der Waals surface area contributed by atoms with Crippen molar-refractivity contribution in [2.24, 2.45) is 0 Å². The number of H-pyrrole nitrogens is 1. The first-order valence-electron chi connectivity index (χ1n) is 16.2. The molecule has 0 saturated carbocycles. The highest BCUT2D eigenvalue weighted by Crippen LogP contribution is 2.35. The largest absolute Gasteiger partial charge is 0.463 e. The van der Waals surface area contributed by atoms with Crippen LogP contribution < -0.4 is 21.3 Å². The third kappa shape index (κ3) is 12.6. The first kappa shape index (κ1) is 43.0. The normalized spacial score (nSPS) is 27.2. The third-order valence-corrected chi connectivity index (χ3v) is 8.02. The van der Waals surface area contributed by atoms with Crippen LogP contribution in [0.2, 0.25) is 0 Å². The van der Waals surface area contributed by atoms with Crippen molar-refractivity contribution in [1.82, 2.24) is 19.6 Å². The maximum Gasteiger partial charge on any atom is 0.425 e. The first-order valence-corrected chi connectivity index (χ1v) is 17.6. The molecule has 2 aliphatic heterocycles. The predicted molar refractivity (Wildman–Crippen MR) is 174 cm³/mol. The third-order valence-electron chi connectivity index (χ3n) is 7.16. The number of aromatic amines is 1. The van der Waals surface area contributed by atoms with Crippen LogP contribution in [0, 0.1) is 0 Å². The lowest BCUT2D eigenvalue weighted by Crippen LogP contribution is -2.67. The van der Waals surface area contributed by atoms with Crippen molar-refractivity contribution in [3.63, 3.8) is 0 Å². The zero-order chi connectivity index (χ0) is 39.8. The van der Waals surface area contributed by atoms with E-state index in [9.17, 15) is 42.0 Å². The van der Waals surface area contributed by atoms with Gasteiger partial charge in [-0.15, -0.1) is 0 Å². The van der Waals surface area contributed by atoms with Crippen LogP contribution in [0.4, 0.5) is 4.79 Å². The second-order valence-electron chi connectivity index (χ2n) is 12.3. The average Bonchev–Trinajstić information content (AvgIpc) is 3.32. The van der Waals surface area contributed by atoms with E-state index in [1.165, 1.54) is 10.9 Å². The molecule has 3 heterocycles. The summed E-state index contributed by atoms with van der Waals surface area (Å²) in [6, 6.07) is -0.509. The van der Waals surface area contributed by atoms with Gasteiger partial charge in [0.05, 0.1) is 18.8 Å². The van der Waals surface area contributed by atoms with Gasteiger partial charge in [0.25, 0.3) is 5.56 Å². The van der Waals surface area contributed by atoms with E-state index in [1.807, 2.05) is 0 Å². The second-order valence-corrected chi connectivity index (χ2v) is 13.7. The zero-order valence-electron chi connectivity index (χ0n) is 30.1. The summed E-state index contributed by atoms with van der Waals surface area (Å²) in [4.78, 5) is 87.1. The van der Waals surface area contributed by atoms with E-state index in [0.717, 1.165) is 38.3 Å². The minimum Gasteiger partial charge on any atom is -0.463 e. The molecule has 3 N–H and O–H groups in total. The van der Waals surface area contributed by atoms with Gasteiger partial charge in [0, 0.05) is 40.0 Å². The molecule has 0 bridgehead atoms. The maximum atomic E-state index is 13.0. The molecule has 0 unspecified atom stereocenters. The fraction of sp³-hybridized carbons (Fsp3) is 0.700. The van der Waals surface area contributed by atoms with Crippen molar-refractivity contribution in [1.29, 1.82) is 0 Å². The van der Waals surface area contributed by atoms with Gasteiger partial charge in [0.2, 0.25) is 12.2 Å². The molecule has 0 aromatic carbocycles. The lowest BCUT2D eigenvalue weighted by molar-refractivity contribution is -0.263. The first-order chi connectivity index (χ1) is 24.7. The lowest BCUT2D eigenvalue weighted by Gasteiger charge is -2.44. The van der Waals surface area contributed by atoms with E-state index < -0.39 is 132 Å². The molecule has 1 aromatic heterocycles. The van der Waals surface area contributed by atoms with Gasteiger partial charge in [-0.1, -0.05) is 0 Å². The Morgan fingerprint density at radius 1 is 0.811 bits per heavy atom. The fourth-order valence-electron chi connectivity index (χ4n) is 5.44. The van der Waals surface area contributed by atoms with E-state index in [4.69, 9.17) is 42.1 Å². The molecule has 9 atom stereocenters. The summed E-state index contributed by atoms with van der Waals surface area (Å²) in [6.45, 7) is 9.54. The quantitative estimate of drug-likeness (QED) is 0.137. The van der Waals surface area contributed by atoms with Crippen molar-refractivity contribution < 1.29 is 74.5 Å². The highest BCUT2D eigenvalue weighted by atomic mass is 32.2. The van der Waals surface area contributed by atoms with E-state index in [0.29, 0.717) is 0 Å². The van der Waals surface area contributed by atoms with Crippen LogP contribution >= 0.6 is 0 Å². The van der Waals surface area contributed by atoms with Crippen LogP contribution in [0.5, 0.6) is 0 Å². The van der Waals surface area contributed by atoms with Gasteiger partial charge in [0.15, 0.2) is 18.4 Å². The highest BCUT2D eigenvalue weighted by Gasteiger charge is 2.53. The molecule has 298 valence electrons. The van der Waals surface area contributed by atoms with E-state index in [2.05, 4.69) is 10.3 Å². The second kappa shape index (κ2) is 18.6. The number of aromatic nitrogens is 2. The molecular formula is C30H44N4O18S. The van der Waals surface area contributed by atoms with Gasteiger partial charge in [-0.2, -0.15) is 13.1 Å². The standard InChI is InChI=1S/C30H44N4O18S/c1-13(2)46-24-20(50-27(26(24)47-14(3)4)34-10-9-21(39)32-29(34)40)12-45-53(42,43)33-30(41)52-28-22(31-15(5)35)25(49-18(8)38)23(48-17(7)37)19(51-28)11-44-16(6)36/h9-10,13-14,19-20,22-28H,11-12H2,1-8H3,(H,31,35)(H,33,41)(H,32,39,40)/t19-,20-,22-,23-,24-,25-,26-,27-,28-/m1/s1. The Labute approximate surface area is 303 Å². The molecule has 3 rings (SSSR count). The number of ether oxygens (including phenoxy) is 8. The van der Waals surface area contributed by atoms with Crippen LogP contribution in [-0.4, -0.2) is 122 Å². The van der Waals surface area contributed by atoms with Crippen molar-refractivity contribution in [3.05, 3.63) is 33.1 Å². The Balaban J connectivity index is 1.84. The molecule has 23 heteroatoms. The summed E-state index contributed by atoms with van der Waals surface area (Å²) in [5, 5.41) is 2.36. The topological polar surface area (TPSA) is 281 Å². The lowest BCUT2D eigenvalue weighted by atomic mass is 9.96. The molecule has 53 heavy (non-hydrogen) atoms. The number of nitrogens with zero attached hydrogens (tertiary/aromatic N) is 1. The Kier molecular flexibility index (Phi) is 15.1. The maximum absolute atomic E-state index is 13.0. The number of hydrogen-bond acceptors (Lipinski definition) is 18. The predicted octanol–water partition coefficient (Wildman–Crippen LogP) is -1.34. The van der Waals surface area contributed by atoms with E-state index in [1.54, 1.807) is 27.7 Å². The minimum absolute atomic E-state index is 0.427. The summed E-state index contributed by atoms with van der Waals surface area (Å²) < 4.78 is 78.0. The molecule has 2 saturated heterocycles.